The first-order valence-corrected chi connectivity index (χ1v) is 8.72. The molecular formula is C19H26N4O2. The molecule has 2 aromatic rings. The van der Waals surface area contributed by atoms with Gasteiger partial charge in [-0.25, -0.2) is 9.97 Å². The number of aromatic nitrogens is 2. The Morgan fingerprint density at radius 2 is 1.84 bits per heavy atom. The summed E-state index contributed by atoms with van der Waals surface area (Å²) in [6.07, 6.45) is 3.36. The highest BCUT2D eigenvalue weighted by Gasteiger charge is 2.18. The van der Waals surface area contributed by atoms with Gasteiger partial charge in [0.1, 0.15) is 18.7 Å². The van der Waals surface area contributed by atoms with E-state index in [1.54, 1.807) is 7.11 Å². The van der Waals surface area contributed by atoms with E-state index in [0.29, 0.717) is 5.88 Å². The molecule has 0 aliphatic carbocycles. The molecule has 25 heavy (non-hydrogen) atoms. The van der Waals surface area contributed by atoms with E-state index in [1.807, 2.05) is 24.4 Å². The van der Waals surface area contributed by atoms with E-state index in [1.165, 1.54) is 11.9 Å². The molecule has 3 rings (SSSR count). The first kappa shape index (κ1) is 17.6. The maximum atomic E-state index is 5.90. The van der Waals surface area contributed by atoms with Gasteiger partial charge in [-0.1, -0.05) is 18.2 Å². The maximum absolute atomic E-state index is 5.90. The molecule has 0 amide bonds. The van der Waals surface area contributed by atoms with Gasteiger partial charge in [-0.05, 0) is 18.6 Å². The molecule has 0 bridgehead atoms. The summed E-state index contributed by atoms with van der Waals surface area (Å²) in [4.78, 5) is 13.1. The van der Waals surface area contributed by atoms with Gasteiger partial charge in [0.2, 0.25) is 5.88 Å². The van der Waals surface area contributed by atoms with Crippen molar-refractivity contribution in [2.45, 2.75) is 13.5 Å². The molecule has 0 saturated carbocycles. The fourth-order valence-electron chi connectivity index (χ4n) is 3.05. The lowest BCUT2D eigenvalue weighted by Gasteiger charge is -2.34. The Morgan fingerprint density at radius 1 is 1.08 bits per heavy atom. The van der Waals surface area contributed by atoms with Crippen LogP contribution in [0.25, 0.3) is 0 Å². The Bertz CT molecular complexity index is 672. The molecule has 0 radical (unpaired) electrons. The third-order valence-corrected chi connectivity index (χ3v) is 4.56. The summed E-state index contributed by atoms with van der Waals surface area (Å²) in [7, 11) is 1.65. The molecule has 1 aliphatic rings. The standard InChI is InChI=1S/C19H26N4O2/c1-16-5-3-4-6-18(16)25-12-11-22-7-9-23(10-8-22)14-17-13-20-15-21-19(17)24-2/h3-6,13,15H,7-12,14H2,1-2H3. The molecule has 1 saturated heterocycles. The van der Waals surface area contributed by atoms with Crippen LogP contribution in [0, 0.1) is 6.92 Å². The van der Waals surface area contributed by atoms with Gasteiger partial charge in [0.05, 0.1) is 7.11 Å². The van der Waals surface area contributed by atoms with Crippen LogP contribution >= 0.6 is 0 Å². The maximum Gasteiger partial charge on any atom is 0.220 e. The van der Waals surface area contributed by atoms with Gasteiger partial charge in [-0.2, -0.15) is 0 Å². The molecule has 6 nitrogen and oxygen atoms in total. The third-order valence-electron chi connectivity index (χ3n) is 4.56. The predicted octanol–water partition coefficient (Wildman–Crippen LogP) is 1.99. The van der Waals surface area contributed by atoms with Gasteiger partial charge in [-0.3, -0.25) is 9.80 Å². The number of para-hydroxylation sites is 1. The second-order valence-corrected chi connectivity index (χ2v) is 6.29. The lowest BCUT2D eigenvalue weighted by molar-refractivity contribution is 0.111. The number of hydrogen-bond acceptors (Lipinski definition) is 6. The van der Waals surface area contributed by atoms with Gasteiger partial charge in [0, 0.05) is 51.0 Å². The van der Waals surface area contributed by atoms with Gasteiger partial charge < -0.3 is 9.47 Å². The van der Waals surface area contributed by atoms with Crippen LogP contribution < -0.4 is 9.47 Å². The molecule has 134 valence electrons. The molecule has 0 N–H and O–H groups in total. The summed E-state index contributed by atoms with van der Waals surface area (Å²) in [6.45, 7) is 8.75. The topological polar surface area (TPSA) is 50.7 Å². The van der Waals surface area contributed by atoms with Crippen molar-refractivity contribution in [2.75, 3.05) is 46.4 Å². The molecule has 1 fully saturated rings. The number of hydrogen-bond donors (Lipinski definition) is 0. The number of rotatable bonds is 7. The third kappa shape index (κ3) is 4.90. The van der Waals surface area contributed by atoms with E-state index in [0.717, 1.165) is 57.2 Å². The first-order chi connectivity index (χ1) is 12.3. The molecule has 0 atom stereocenters. The fourth-order valence-corrected chi connectivity index (χ4v) is 3.05. The van der Waals surface area contributed by atoms with Crippen molar-refractivity contribution >= 4 is 0 Å². The first-order valence-electron chi connectivity index (χ1n) is 8.72. The van der Waals surface area contributed by atoms with Crippen molar-refractivity contribution in [3.63, 3.8) is 0 Å². The Labute approximate surface area is 149 Å². The van der Waals surface area contributed by atoms with Crippen LogP contribution in [0.1, 0.15) is 11.1 Å². The Morgan fingerprint density at radius 3 is 2.60 bits per heavy atom. The van der Waals surface area contributed by atoms with Crippen molar-refractivity contribution < 1.29 is 9.47 Å². The van der Waals surface area contributed by atoms with Gasteiger partial charge in [0.25, 0.3) is 0 Å². The summed E-state index contributed by atoms with van der Waals surface area (Å²) >= 11 is 0. The quantitative estimate of drug-likeness (QED) is 0.767. The van der Waals surface area contributed by atoms with Crippen molar-refractivity contribution in [3.05, 3.63) is 47.9 Å². The molecule has 6 heteroatoms. The summed E-state index contributed by atoms with van der Waals surface area (Å²) in [5.74, 6) is 1.65. The van der Waals surface area contributed by atoms with Crippen LogP contribution in [-0.4, -0.2) is 66.2 Å². The van der Waals surface area contributed by atoms with Gasteiger partial charge >= 0.3 is 0 Å². The van der Waals surface area contributed by atoms with Crippen LogP contribution in [-0.2, 0) is 6.54 Å². The van der Waals surface area contributed by atoms with Gasteiger partial charge in [-0.15, -0.1) is 0 Å². The van der Waals surface area contributed by atoms with E-state index < -0.39 is 0 Å². The molecule has 1 aliphatic heterocycles. The molecule has 2 heterocycles. The molecule has 1 aromatic heterocycles. The number of piperazine rings is 1. The summed E-state index contributed by atoms with van der Waals surface area (Å²) in [5, 5.41) is 0. The van der Waals surface area contributed by atoms with Gasteiger partial charge in [0.15, 0.2) is 0 Å². The normalized spacial score (nSPS) is 15.9. The lowest BCUT2D eigenvalue weighted by atomic mass is 10.2. The number of nitrogens with zero attached hydrogens (tertiary/aromatic N) is 4. The second-order valence-electron chi connectivity index (χ2n) is 6.29. The highest BCUT2D eigenvalue weighted by atomic mass is 16.5. The number of benzene rings is 1. The van der Waals surface area contributed by atoms with Crippen LogP contribution in [0.4, 0.5) is 0 Å². The van der Waals surface area contributed by atoms with Crippen molar-refractivity contribution in [1.29, 1.82) is 0 Å². The van der Waals surface area contributed by atoms with E-state index >= 15 is 0 Å². The Hall–Kier alpha value is -2.18. The minimum atomic E-state index is 0.670. The zero-order valence-corrected chi connectivity index (χ0v) is 15.0. The van der Waals surface area contributed by atoms with Crippen molar-refractivity contribution in [1.82, 2.24) is 19.8 Å². The summed E-state index contributed by atoms with van der Waals surface area (Å²) in [6, 6.07) is 8.16. The fraction of sp³-hybridized carbons (Fsp3) is 0.474. The van der Waals surface area contributed by atoms with Crippen LogP contribution in [0.15, 0.2) is 36.8 Å². The highest BCUT2D eigenvalue weighted by Crippen LogP contribution is 2.17. The van der Waals surface area contributed by atoms with Crippen LogP contribution in [0.2, 0.25) is 0 Å². The van der Waals surface area contributed by atoms with E-state index in [-0.39, 0.29) is 0 Å². The number of aryl methyl sites for hydroxylation is 1. The highest BCUT2D eigenvalue weighted by molar-refractivity contribution is 5.31. The molecular weight excluding hydrogens is 316 g/mol. The van der Waals surface area contributed by atoms with Crippen molar-refractivity contribution in [2.24, 2.45) is 0 Å². The molecule has 0 unspecified atom stereocenters. The van der Waals surface area contributed by atoms with Crippen LogP contribution in [0.3, 0.4) is 0 Å². The zero-order chi connectivity index (χ0) is 17.5. The minimum absolute atomic E-state index is 0.670. The largest absolute Gasteiger partial charge is 0.492 e. The van der Waals surface area contributed by atoms with Crippen LogP contribution in [0.5, 0.6) is 11.6 Å². The average molecular weight is 342 g/mol. The minimum Gasteiger partial charge on any atom is -0.492 e. The second kappa shape index (κ2) is 8.78. The smallest absolute Gasteiger partial charge is 0.220 e. The monoisotopic (exact) mass is 342 g/mol. The van der Waals surface area contributed by atoms with E-state index in [4.69, 9.17) is 9.47 Å². The summed E-state index contributed by atoms with van der Waals surface area (Å²) in [5.41, 5.74) is 2.23. The summed E-state index contributed by atoms with van der Waals surface area (Å²) < 4.78 is 11.2. The molecule has 0 spiro atoms. The Kier molecular flexibility index (Phi) is 6.19. The van der Waals surface area contributed by atoms with Crippen molar-refractivity contribution in [3.8, 4) is 11.6 Å². The SMILES string of the molecule is COc1ncncc1CN1CCN(CCOc2ccccc2C)CC1. The molecule has 1 aromatic carbocycles. The van der Waals surface area contributed by atoms with E-state index in [9.17, 15) is 0 Å². The number of methoxy groups -OCH3 is 1. The Balaban J connectivity index is 1.41. The number of ether oxygens (including phenoxy) is 2. The van der Waals surface area contributed by atoms with E-state index in [2.05, 4.69) is 32.8 Å². The lowest BCUT2D eigenvalue weighted by Crippen LogP contribution is -2.47. The predicted molar refractivity (Wildman–Crippen MR) is 97.0 cm³/mol. The zero-order valence-electron chi connectivity index (χ0n) is 15.0. The average Bonchev–Trinajstić information content (AvgIpc) is 2.65.